The number of likely N-dealkylation sites (tertiary alicyclic amines) is 1. The molecule has 1 aliphatic rings. The van der Waals surface area contributed by atoms with Crippen LogP contribution in [0.5, 0.6) is 0 Å². The number of hydrogen-bond acceptors (Lipinski definition) is 4. The highest BCUT2D eigenvalue weighted by Gasteiger charge is 2.30. The largest absolute Gasteiger partial charge is 0.325 e. The molecule has 6 nitrogen and oxygen atoms in total. The Hall–Kier alpha value is -2.73. The van der Waals surface area contributed by atoms with Crippen molar-refractivity contribution in [1.82, 2.24) is 4.90 Å². The van der Waals surface area contributed by atoms with Gasteiger partial charge in [0.2, 0.25) is 5.91 Å². The van der Waals surface area contributed by atoms with Crippen LogP contribution in [0.2, 0.25) is 0 Å². The van der Waals surface area contributed by atoms with Crippen LogP contribution in [0.25, 0.3) is 0 Å². The van der Waals surface area contributed by atoms with Crippen molar-refractivity contribution >= 4 is 17.3 Å². The van der Waals surface area contributed by atoms with Crippen molar-refractivity contribution in [3.05, 3.63) is 70.3 Å². The molecule has 6 heteroatoms. The first-order chi connectivity index (χ1) is 11.6. The van der Waals surface area contributed by atoms with E-state index in [0.29, 0.717) is 6.54 Å². The SMILES string of the molecule is O=C(Nc1ccccc1)C1CCCN1Cc1cccc([N+](=O)[O-])c1. The number of non-ortho nitro benzene ring substituents is 1. The van der Waals surface area contributed by atoms with Crippen LogP contribution in [0.4, 0.5) is 11.4 Å². The number of anilines is 1. The normalized spacial score (nSPS) is 17.6. The van der Waals surface area contributed by atoms with Gasteiger partial charge in [-0.3, -0.25) is 19.8 Å². The van der Waals surface area contributed by atoms with Crippen LogP contribution >= 0.6 is 0 Å². The molecule has 124 valence electrons. The van der Waals surface area contributed by atoms with Crippen molar-refractivity contribution in [3.8, 4) is 0 Å². The zero-order chi connectivity index (χ0) is 16.9. The van der Waals surface area contributed by atoms with Crippen molar-refractivity contribution in [3.63, 3.8) is 0 Å². The van der Waals surface area contributed by atoms with Crippen molar-refractivity contribution in [2.75, 3.05) is 11.9 Å². The fourth-order valence-corrected chi connectivity index (χ4v) is 3.06. The van der Waals surface area contributed by atoms with Gasteiger partial charge in [0.25, 0.3) is 5.69 Å². The molecule has 1 fully saturated rings. The van der Waals surface area contributed by atoms with Crippen LogP contribution in [-0.2, 0) is 11.3 Å². The molecule has 2 aromatic rings. The van der Waals surface area contributed by atoms with Crippen molar-refractivity contribution < 1.29 is 9.72 Å². The minimum Gasteiger partial charge on any atom is -0.325 e. The summed E-state index contributed by atoms with van der Waals surface area (Å²) in [6.45, 7) is 1.35. The Bertz CT molecular complexity index is 733. The maximum atomic E-state index is 12.5. The molecule has 0 spiro atoms. The molecule has 0 bridgehead atoms. The van der Waals surface area contributed by atoms with Crippen LogP contribution in [-0.4, -0.2) is 28.3 Å². The Morgan fingerprint density at radius 1 is 1.21 bits per heavy atom. The van der Waals surface area contributed by atoms with Crippen molar-refractivity contribution in [2.24, 2.45) is 0 Å². The minimum absolute atomic E-state index is 0.0240. The van der Waals surface area contributed by atoms with Gasteiger partial charge in [0.05, 0.1) is 11.0 Å². The Kier molecular flexibility index (Phi) is 4.86. The summed E-state index contributed by atoms with van der Waals surface area (Å²) in [4.78, 5) is 25.1. The minimum atomic E-state index is -0.396. The van der Waals surface area contributed by atoms with Gasteiger partial charge in [-0.1, -0.05) is 30.3 Å². The highest BCUT2D eigenvalue weighted by Crippen LogP contribution is 2.23. The number of nitro benzene ring substituents is 1. The molecule has 0 aliphatic carbocycles. The average Bonchev–Trinajstić information content (AvgIpc) is 3.04. The van der Waals surface area contributed by atoms with Crippen molar-refractivity contribution in [2.45, 2.75) is 25.4 Å². The Morgan fingerprint density at radius 2 is 2.00 bits per heavy atom. The van der Waals surface area contributed by atoms with Crippen molar-refractivity contribution in [1.29, 1.82) is 0 Å². The quantitative estimate of drug-likeness (QED) is 0.676. The van der Waals surface area contributed by atoms with Crippen LogP contribution in [0.1, 0.15) is 18.4 Å². The number of amides is 1. The fourth-order valence-electron chi connectivity index (χ4n) is 3.06. The second-order valence-electron chi connectivity index (χ2n) is 5.91. The fraction of sp³-hybridized carbons (Fsp3) is 0.278. The molecule has 24 heavy (non-hydrogen) atoms. The molecule has 2 aromatic carbocycles. The zero-order valence-electron chi connectivity index (χ0n) is 13.2. The van der Waals surface area contributed by atoms with E-state index in [1.165, 1.54) is 6.07 Å². The highest BCUT2D eigenvalue weighted by atomic mass is 16.6. The topological polar surface area (TPSA) is 75.5 Å². The molecule has 1 heterocycles. The Balaban J connectivity index is 1.68. The van der Waals surface area contributed by atoms with E-state index in [0.717, 1.165) is 30.6 Å². The van der Waals surface area contributed by atoms with Crippen LogP contribution in [0, 0.1) is 10.1 Å². The lowest BCUT2D eigenvalue weighted by Gasteiger charge is -2.23. The third-order valence-electron chi connectivity index (χ3n) is 4.21. The second-order valence-corrected chi connectivity index (χ2v) is 5.91. The Labute approximate surface area is 140 Å². The van der Waals surface area contributed by atoms with Gasteiger partial charge in [-0.15, -0.1) is 0 Å². The number of rotatable bonds is 5. The van der Waals surface area contributed by atoms with E-state index in [-0.39, 0.29) is 17.6 Å². The van der Waals surface area contributed by atoms with E-state index in [1.807, 2.05) is 36.4 Å². The molecule has 1 atom stereocenters. The Morgan fingerprint density at radius 3 is 2.75 bits per heavy atom. The summed E-state index contributed by atoms with van der Waals surface area (Å²) in [5.41, 5.74) is 1.71. The van der Waals surface area contributed by atoms with E-state index in [9.17, 15) is 14.9 Å². The predicted molar refractivity (Wildman–Crippen MR) is 91.6 cm³/mol. The lowest BCUT2D eigenvalue weighted by molar-refractivity contribution is -0.384. The third kappa shape index (κ3) is 3.78. The molecule has 3 rings (SSSR count). The number of nitrogens with one attached hydrogen (secondary N) is 1. The average molecular weight is 325 g/mol. The summed E-state index contributed by atoms with van der Waals surface area (Å²) in [5, 5.41) is 13.8. The van der Waals surface area contributed by atoms with Crippen LogP contribution in [0.15, 0.2) is 54.6 Å². The first-order valence-electron chi connectivity index (χ1n) is 7.97. The maximum Gasteiger partial charge on any atom is 0.269 e. The van der Waals surface area contributed by atoms with E-state index >= 15 is 0 Å². The van der Waals surface area contributed by atoms with Gasteiger partial charge in [-0.2, -0.15) is 0 Å². The molecule has 0 aromatic heterocycles. The number of nitro groups is 1. The van der Waals surface area contributed by atoms with Crippen LogP contribution in [0.3, 0.4) is 0 Å². The van der Waals surface area contributed by atoms with E-state index in [1.54, 1.807) is 12.1 Å². The molecule has 0 saturated carbocycles. The summed E-state index contributed by atoms with van der Waals surface area (Å²) in [6, 6.07) is 15.8. The molecular weight excluding hydrogens is 306 g/mol. The second kappa shape index (κ2) is 7.23. The maximum absolute atomic E-state index is 12.5. The van der Waals surface area contributed by atoms with Gasteiger partial charge in [-0.25, -0.2) is 0 Å². The number of para-hydroxylation sites is 1. The summed E-state index contributed by atoms with van der Waals surface area (Å²) in [5.74, 6) is -0.0240. The number of benzene rings is 2. The molecular formula is C18H19N3O3. The number of carbonyl (C=O) groups excluding carboxylic acids is 1. The van der Waals surface area contributed by atoms with E-state index < -0.39 is 4.92 Å². The first kappa shape index (κ1) is 16.1. The molecule has 0 radical (unpaired) electrons. The molecule has 1 saturated heterocycles. The summed E-state index contributed by atoms with van der Waals surface area (Å²) >= 11 is 0. The van der Waals surface area contributed by atoms with Gasteiger partial charge < -0.3 is 5.32 Å². The third-order valence-corrected chi connectivity index (χ3v) is 4.21. The summed E-state index contributed by atoms with van der Waals surface area (Å²) in [6.07, 6.45) is 1.75. The lowest BCUT2D eigenvalue weighted by Crippen LogP contribution is -2.39. The highest BCUT2D eigenvalue weighted by molar-refractivity contribution is 5.94. The van der Waals surface area contributed by atoms with Crippen LogP contribution < -0.4 is 5.32 Å². The first-order valence-corrected chi connectivity index (χ1v) is 7.97. The van der Waals surface area contributed by atoms with E-state index in [4.69, 9.17) is 0 Å². The van der Waals surface area contributed by atoms with Gasteiger partial charge in [0.1, 0.15) is 0 Å². The summed E-state index contributed by atoms with van der Waals surface area (Å²) < 4.78 is 0. The number of hydrogen-bond donors (Lipinski definition) is 1. The molecule has 1 aliphatic heterocycles. The lowest BCUT2D eigenvalue weighted by atomic mass is 10.1. The predicted octanol–water partition coefficient (Wildman–Crippen LogP) is 3.20. The van der Waals surface area contributed by atoms with Gasteiger partial charge in [0, 0.05) is 24.4 Å². The molecule has 1 N–H and O–H groups in total. The molecule has 1 amide bonds. The van der Waals surface area contributed by atoms with E-state index in [2.05, 4.69) is 10.2 Å². The standard InChI is InChI=1S/C18H19N3O3/c22-18(19-15-7-2-1-3-8-15)17-10-5-11-20(17)13-14-6-4-9-16(12-14)21(23)24/h1-4,6-9,12,17H,5,10-11,13H2,(H,19,22). The van der Waals surface area contributed by atoms with Gasteiger partial charge in [-0.05, 0) is 37.1 Å². The zero-order valence-corrected chi connectivity index (χ0v) is 13.2. The smallest absolute Gasteiger partial charge is 0.269 e. The monoisotopic (exact) mass is 325 g/mol. The summed E-state index contributed by atoms with van der Waals surface area (Å²) in [7, 11) is 0. The number of carbonyl (C=O) groups is 1. The van der Waals surface area contributed by atoms with Gasteiger partial charge >= 0.3 is 0 Å². The number of nitrogens with zero attached hydrogens (tertiary/aromatic N) is 2. The molecule has 1 unspecified atom stereocenters. The van der Waals surface area contributed by atoms with Gasteiger partial charge in [0.15, 0.2) is 0 Å².